The summed E-state index contributed by atoms with van der Waals surface area (Å²) in [6, 6.07) is 0.110. The van der Waals surface area contributed by atoms with E-state index >= 15 is 0 Å². The standard InChI is InChI=1S/C40H60N14O9S/c1-20(2)14-29-39(63)53(18-33-54(29)38(62)23(41)19-64-33)17-32(57)49-28(15-21-16-48-24-7-4-3-6-22(21)24)37(61)51-26(8-5-13-47-40(45)46)35(59)52-27(10-12-31(43)56)36(60)50-25(34(44)58)9-11-30(42)55/h3-4,6-7,16,20,23,25-29,33,48H,5,8-15,17-19,41H2,1-2H3,(H2,42,55)(H2,43,56)(H2,44,58)(H,49,57)(H,50,60)(H,51,61)(H,52,59)(H4,45,46,47)/t23-,25-,26-,27-,28-,29-,33?/m0/s1. The Balaban J connectivity index is 1.61. The maximum Gasteiger partial charge on any atom is 0.246 e. The van der Waals surface area contributed by atoms with Gasteiger partial charge in [0.25, 0.3) is 0 Å². The highest BCUT2D eigenvalue weighted by molar-refractivity contribution is 8.00. The van der Waals surface area contributed by atoms with Gasteiger partial charge in [0.2, 0.25) is 53.2 Å². The van der Waals surface area contributed by atoms with Crippen LogP contribution < -0.4 is 55.7 Å². The minimum atomic E-state index is -1.49. The van der Waals surface area contributed by atoms with Crippen LogP contribution in [-0.4, -0.2) is 141 Å². The maximum atomic E-state index is 14.4. The number of para-hydroxylation sites is 1. The Morgan fingerprint density at radius 3 is 2.02 bits per heavy atom. The van der Waals surface area contributed by atoms with Gasteiger partial charge >= 0.3 is 0 Å². The second-order valence-electron chi connectivity index (χ2n) is 16.2. The molecule has 64 heavy (non-hydrogen) atoms. The summed E-state index contributed by atoms with van der Waals surface area (Å²) < 4.78 is 0. The van der Waals surface area contributed by atoms with Crippen LogP contribution in [0.1, 0.15) is 64.4 Å². The first-order valence-electron chi connectivity index (χ1n) is 20.9. The molecule has 2 fully saturated rings. The number of fused-ring (bicyclic) bond motifs is 2. The molecule has 3 heterocycles. The van der Waals surface area contributed by atoms with Crippen molar-refractivity contribution in [1.82, 2.24) is 36.1 Å². The van der Waals surface area contributed by atoms with Crippen molar-refractivity contribution in [3.05, 3.63) is 36.0 Å². The SMILES string of the molecule is CC(C)C[C@H]1C(=O)N(CC(=O)N[C@@H](Cc2c[nH]c3ccccc23)C(=O)N[C@@H](CCCN=C(N)N)C(=O)N[C@@H](CCC(N)=O)C(=O)N[C@@H](CCC(N)=O)C(N)=O)CC2SC[C@H](N)C(=O)N21. The summed E-state index contributed by atoms with van der Waals surface area (Å²) in [6.45, 7) is 3.49. The maximum absolute atomic E-state index is 14.4. The number of aliphatic imine (C=N–C) groups is 1. The van der Waals surface area contributed by atoms with E-state index in [4.69, 9.17) is 34.4 Å². The lowest BCUT2D eigenvalue weighted by Crippen LogP contribution is -2.68. The molecule has 23 nitrogen and oxygen atoms in total. The topological polar surface area (TPSA) is 392 Å². The Labute approximate surface area is 373 Å². The summed E-state index contributed by atoms with van der Waals surface area (Å²) in [4.78, 5) is 128. The molecule has 2 aliphatic rings. The molecule has 9 amide bonds. The zero-order valence-corrected chi connectivity index (χ0v) is 36.7. The molecule has 350 valence electrons. The Morgan fingerprint density at radius 1 is 0.812 bits per heavy atom. The average Bonchev–Trinajstić information content (AvgIpc) is 3.63. The molecule has 2 aliphatic heterocycles. The van der Waals surface area contributed by atoms with Crippen molar-refractivity contribution in [3.8, 4) is 0 Å². The fourth-order valence-electron chi connectivity index (χ4n) is 7.47. The van der Waals surface area contributed by atoms with E-state index in [1.807, 2.05) is 32.0 Å². The number of nitrogens with one attached hydrogen (secondary N) is 5. The molecular formula is C40H60N14O9S. The molecule has 1 aromatic carbocycles. The van der Waals surface area contributed by atoms with E-state index in [-0.39, 0.29) is 75.8 Å². The second-order valence-corrected chi connectivity index (χ2v) is 17.4. The van der Waals surface area contributed by atoms with Crippen LogP contribution >= 0.6 is 11.8 Å². The molecule has 0 bridgehead atoms. The number of thioether (sulfide) groups is 1. The molecule has 4 rings (SSSR count). The molecule has 2 aromatic rings. The number of amides is 9. The van der Waals surface area contributed by atoms with Crippen molar-refractivity contribution in [2.45, 2.75) is 107 Å². The third-order valence-corrected chi connectivity index (χ3v) is 12.0. The van der Waals surface area contributed by atoms with Crippen LogP contribution in [0.25, 0.3) is 10.9 Å². The number of hydrogen-bond donors (Lipinski definition) is 11. The predicted molar refractivity (Wildman–Crippen MR) is 237 cm³/mol. The van der Waals surface area contributed by atoms with Gasteiger partial charge in [0.1, 0.15) is 30.2 Å². The zero-order valence-electron chi connectivity index (χ0n) is 35.9. The Morgan fingerprint density at radius 2 is 1.41 bits per heavy atom. The lowest BCUT2D eigenvalue weighted by Gasteiger charge is -2.49. The highest BCUT2D eigenvalue weighted by Crippen LogP contribution is 2.33. The molecule has 1 unspecified atom stereocenters. The molecule has 7 atom stereocenters. The molecule has 0 aliphatic carbocycles. The fraction of sp³-hybridized carbons (Fsp3) is 0.550. The molecule has 1 aromatic heterocycles. The van der Waals surface area contributed by atoms with E-state index < -0.39 is 95.4 Å². The molecule has 0 spiro atoms. The molecule has 0 saturated carbocycles. The number of piperazine rings is 1. The molecular weight excluding hydrogens is 853 g/mol. The smallest absolute Gasteiger partial charge is 0.246 e. The number of aromatic amines is 1. The number of carbonyl (C=O) groups is 9. The highest BCUT2D eigenvalue weighted by Gasteiger charge is 2.47. The summed E-state index contributed by atoms with van der Waals surface area (Å²) in [5.41, 5.74) is 34.4. The monoisotopic (exact) mass is 912 g/mol. The van der Waals surface area contributed by atoms with E-state index in [1.54, 1.807) is 12.3 Å². The number of H-pyrrole nitrogens is 1. The first kappa shape index (κ1) is 50.2. The number of rotatable bonds is 24. The van der Waals surface area contributed by atoms with Gasteiger partial charge in [-0.1, -0.05) is 32.0 Å². The number of benzene rings is 1. The summed E-state index contributed by atoms with van der Waals surface area (Å²) >= 11 is 1.42. The van der Waals surface area contributed by atoms with Crippen molar-refractivity contribution in [2.75, 3.05) is 25.4 Å². The summed E-state index contributed by atoms with van der Waals surface area (Å²) in [6.07, 6.45) is 0.766. The molecule has 2 saturated heterocycles. The summed E-state index contributed by atoms with van der Waals surface area (Å²) in [5.74, 6) is -6.49. The molecule has 17 N–H and O–H groups in total. The van der Waals surface area contributed by atoms with Crippen molar-refractivity contribution in [3.63, 3.8) is 0 Å². The third kappa shape index (κ3) is 14.3. The first-order valence-corrected chi connectivity index (χ1v) is 21.9. The lowest BCUT2D eigenvalue weighted by molar-refractivity contribution is -0.155. The van der Waals surface area contributed by atoms with E-state index in [2.05, 4.69) is 31.2 Å². The minimum absolute atomic E-state index is 0.0290. The van der Waals surface area contributed by atoms with Gasteiger partial charge in [-0.2, -0.15) is 0 Å². The number of hydrogen-bond acceptors (Lipinski definition) is 12. The number of nitrogens with two attached hydrogens (primary N) is 6. The van der Waals surface area contributed by atoms with Gasteiger partial charge in [-0.15, -0.1) is 11.8 Å². The van der Waals surface area contributed by atoms with Crippen molar-refractivity contribution < 1.29 is 43.2 Å². The van der Waals surface area contributed by atoms with Crippen LogP contribution in [0, 0.1) is 5.92 Å². The van der Waals surface area contributed by atoms with Crippen LogP contribution in [0.3, 0.4) is 0 Å². The quantitative estimate of drug-likeness (QED) is 0.0274. The number of primary amides is 3. The molecule has 0 radical (unpaired) electrons. The largest absolute Gasteiger partial charge is 0.370 e. The van der Waals surface area contributed by atoms with Gasteiger partial charge in [0.15, 0.2) is 5.96 Å². The van der Waals surface area contributed by atoms with Crippen LogP contribution in [0.15, 0.2) is 35.5 Å². The van der Waals surface area contributed by atoms with Crippen molar-refractivity contribution >= 4 is 81.8 Å². The highest BCUT2D eigenvalue weighted by atomic mass is 32.2. The number of guanidine groups is 1. The molecule has 24 heteroatoms. The van der Waals surface area contributed by atoms with E-state index in [0.717, 1.165) is 10.9 Å². The van der Waals surface area contributed by atoms with E-state index in [9.17, 15) is 43.2 Å². The second kappa shape index (κ2) is 23.3. The summed E-state index contributed by atoms with van der Waals surface area (Å²) in [7, 11) is 0. The average molecular weight is 913 g/mol. The van der Waals surface area contributed by atoms with Crippen LogP contribution in [0.2, 0.25) is 0 Å². The van der Waals surface area contributed by atoms with Gasteiger partial charge in [-0.3, -0.25) is 48.1 Å². The first-order chi connectivity index (χ1) is 30.2. The van der Waals surface area contributed by atoms with Crippen LogP contribution in [0.4, 0.5) is 0 Å². The van der Waals surface area contributed by atoms with Crippen molar-refractivity contribution in [2.24, 2.45) is 45.3 Å². The Kier molecular flexibility index (Phi) is 18.3. The fourth-order valence-corrected chi connectivity index (χ4v) is 8.74. The normalized spacial score (nSPS) is 19.2. The predicted octanol–water partition coefficient (Wildman–Crippen LogP) is -3.79. The van der Waals surface area contributed by atoms with Crippen LogP contribution in [-0.2, 0) is 49.6 Å². The summed E-state index contributed by atoms with van der Waals surface area (Å²) in [5, 5.41) is 10.6. The van der Waals surface area contributed by atoms with E-state index in [1.165, 1.54) is 21.6 Å². The minimum Gasteiger partial charge on any atom is -0.370 e. The lowest BCUT2D eigenvalue weighted by atomic mass is 9.98. The van der Waals surface area contributed by atoms with Gasteiger partial charge in [0.05, 0.1) is 24.5 Å². The zero-order chi connectivity index (χ0) is 47.2. The Bertz CT molecular complexity index is 2090. The Hall–Kier alpha value is -6.43. The van der Waals surface area contributed by atoms with Crippen LogP contribution in [0.5, 0.6) is 0 Å². The van der Waals surface area contributed by atoms with Gasteiger partial charge < -0.3 is 70.5 Å². The van der Waals surface area contributed by atoms with Gasteiger partial charge in [-0.05, 0) is 49.7 Å². The number of aromatic nitrogens is 1. The van der Waals surface area contributed by atoms with Gasteiger partial charge in [0, 0.05) is 48.7 Å². The van der Waals surface area contributed by atoms with E-state index in [0.29, 0.717) is 17.7 Å². The number of nitrogens with zero attached hydrogens (tertiary/aromatic N) is 3. The number of carbonyl (C=O) groups excluding carboxylic acids is 9. The van der Waals surface area contributed by atoms with Crippen molar-refractivity contribution in [1.29, 1.82) is 0 Å². The van der Waals surface area contributed by atoms with Gasteiger partial charge in [-0.25, -0.2) is 0 Å². The third-order valence-electron chi connectivity index (χ3n) is 10.7.